The summed E-state index contributed by atoms with van der Waals surface area (Å²) in [4.78, 5) is 2.41. The minimum absolute atomic E-state index is 0.200. The first-order valence-corrected chi connectivity index (χ1v) is 10.9. The first-order chi connectivity index (χ1) is 12.4. The van der Waals surface area contributed by atoms with Crippen molar-refractivity contribution in [3.63, 3.8) is 0 Å². The van der Waals surface area contributed by atoms with Gasteiger partial charge in [0.15, 0.2) is 0 Å². The quantitative estimate of drug-likeness (QED) is 0.660. The molecular weight excluding hydrogens is 346 g/mol. The van der Waals surface area contributed by atoms with E-state index < -0.39 is 10.0 Å². The normalized spacial score (nSPS) is 12.8. The molecule has 0 aliphatic rings. The molecular formula is C20H29N3O2S. The molecule has 6 heteroatoms. The van der Waals surface area contributed by atoms with Gasteiger partial charge in [-0.1, -0.05) is 44.2 Å². The molecule has 0 aliphatic carbocycles. The van der Waals surface area contributed by atoms with E-state index in [1.807, 2.05) is 18.2 Å². The molecule has 2 rings (SSSR count). The van der Waals surface area contributed by atoms with Gasteiger partial charge < -0.3 is 10.2 Å². The molecule has 0 amide bonds. The number of anilines is 2. The van der Waals surface area contributed by atoms with Gasteiger partial charge in [0.2, 0.25) is 10.0 Å². The van der Waals surface area contributed by atoms with Crippen LogP contribution in [0.5, 0.6) is 0 Å². The summed E-state index contributed by atoms with van der Waals surface area (Å²) in [5.41, 5.74) is 2.79. The zero-order chi connectivity index (χ0) is 19.0. The second-order valence-electron chi connectivity index (χ2n) is 6.37. The lowest BCUT2D eigenvalue weighted by Crippen LogP contribution is -2.26. The molecule has 1 unspecified atom stereocenters. The standard InChI is InChI=1S/C20H29N3O2S/c1-4-23(5-2)16-15-20(17-9-7-6-8-10-17)21-18-11-13-19(14-12-18)22-26(3,24)25/h6-14,20-22H,4-5,15-16H2,1-3H3. The molecule has 0 radical (unpaired) electrons. The highest BCUT2D eigenvalue weighted by Crippen LogP contribution is 2.24. The molecule has 142 valence electrons. The van der Waals surface area contributed by atoms with Crippen LogP contribution in [-0.2, 0) is 10.0 Å². The van der Waals surface area contributed by atoms with E-state index in [2.05, 4.69) is 53.1 Å². The Morgan fingerprint density at radius 2 is 1.50 bits per heavy atom. The van der Waals surface area contributed by atoms with Gasteiger partial charge in [-0.25, -0.2) is 8.42 Å². The third-order valence-electron chi connectivity index (χ3n) is 4.36. The Labute approximate surface area is 157 Å². The maximum absolute atomic E-state index is 11.3. The molecule has 0 aliphatic heterocycles. The van der Waals surface area contributed by atoms with E-state index in [1.54, 1.807) is 12.1 Å². The molecule has 2 aromatic carbocycles. The molecule has 0 heterocycles. The number of nitrogens with zero attached hydrogens (tertiary/aromatic N) is 1. The number of sulfonamides is 1. The smallest absolute Gasteiger partial charge is 0.229 e. The number of rotatable bonds is 10. The van der Waals surface area contributed by atoms with E-state index in [9.17, 15) is 8.42 Å². The summed E-state index contributed by atoms with van der Waals surface area (Å²) in [7, 11) is -3.26. The Morgan fingerprint density at radius 3 is 2.04 bits per heavy atom. The van der Waals surface area contributed by atoms with Crippen LogP contribution in [0, 0.1) is 0 Å². The second kappa shape index (κ2) is 9.59. The van der Waals surface area contributed by atoms with E-state index in [-0.39, 0.29) is 6.04 Å². The summed E-state index contributed by atoms with van der Waals surface area (Å²) >= 11 is 0. The molecule has 1 atom stereocenters. The predicted octanol–water partition coefficient (Wildman–Crippen LogP) is 3.94. The van der Waals surface area contributed by atoms with Gasteiger partial charge in [-0.2, -0.15) is 0 Å². The lowest BCUT2D eigenvalue weighted by atomic mass is 10.0. The van der Waals surface area contributed by atoms with Crippen LogP contribution >= 0.6 is 0 Å². The van der Waals surface area contributed by atoms with Gasteiger partial charge in [-0.3, -0.25) is 4.72 Å². The molecule has 0 aromatic heterocycles. The topological polar surface area (TPSA) is 61.4 Å². The zero-order valence-corrected chi connectivity index (χ0v) is 16.6. The van der Waals surface area contributed by atoms with Crippen molar-refractivity contribution < 1.29 is 8.42 Å². The molecule has 0 bridgehead atoms. The van der Waals surface area contributed by atoms with Crippen LogP contribution < -0.4 is 10.0 Å². The highest BCUT2D eigenvalue weighted by molar-refractivity contribution is 7.92. The van der Waals surface area contributed by atoms with Crippen LogP contribution in [0.2, 0.25) is 0 Å². The molecule has 2 aromatic rings. The molecule has 26 heavy (non-hydrogen) atoms. The third-order valence-corrected chi connectivity index (χ3v) is 4.97. The first kappa shape index (κ1) is 20.3. The van der Waals surface area contributed by atoms with Gasteiger partial charge in [-0.15, -0.1) is 0 Å². The fourth-order valence-electron chi connectivity index (χ4n) is 2.91. The number of hydrogen-bond donors (Lipinski definition) is 2. The summed E-state index contributed by atoms with van der Waals surface area (Å²) in [5, 5.41) is 3.59. The van der Waals surface area contributed by atoms with E-state index in [0.29, 0.717) is 5.69 Å². The Hall–Kier alpha value is -2.05. The van der Waals surface area contributed by atoms with E-state index in [0.717, 1.165) is 38.0 Å². The SMILES string of the molecule is CCN(CC)CCC(Nc1ccc(NS(C)(=O)=O)cc1)c1ccccc1. The number of hydrogen-bond acceptors (Lipinski definition) is 4. The summed E-state index contributed by atoms with van der Waals surface area (Å²) in [5.74, 6) is 0. The molecule has 2 N–H and O–H groups in total. The van der Waals surface area contributed by atoms with Gasteiger partial charge in [0.05, 0.1) is 12.3 Å². The Bertz CT molecular complexity index is 757. The number of nitrogens with one attached hydrogen (secondary N) is 2. The molecule has 5 nitrogen and oxygen atoms in total. The van der Waals surface area contributed by atoms with Crippen LogP contribution in [0.1, 0.15) is 31.9 Å². The second-order valence-corrected chi connectivity index (χ2v) is 8.12. The Kier molecular flexibility index (Phi) is 7.48. The Balaban J connectivity index is 2.10. The van der Waals surface area contributed by atoms with Gasteiger partial charge >= 0.3 is 0 Å². The largest absolute Gasteiger partial charge is 0.378 e. The monoisotopic (exact) mass is 375 g/mol. The first-order valence-electron chi connectivity index (χ1n) is 9.03. The van der Waals surface area contributed by atoms with Crippen LogP contribution in [0.15, 0.2) is 54.6 Å². The van der Waals surface area contributed by atoms with Gasteiger partial charge in [0, 0.05) is 17.9 Å². The summed E-state index contributed by atoms with van der Waals surface area (Å²) < 4.78 is 25.1. The van der Waals surface area contributed by atoms with Crippen molar-refractivity contribution in [2.75, 3.05) is 35.9 Å². The lowest BCUT2D eigenvalue weighted by molar-refractivity contribution is 0.293. The van der Waals surface area contributed by atoms with Gasteiger partial charge in [0.25, 0.3) is 0 Å². The lowest BCUT2D eigenvalue weighted by Gasteiger charge is -2.25. The van der Waals surface area contributed by atoms with Crippen LogP contribution in [-0.4, -0.2) is 39.2 Å². The van der Waals surface area contributed by atoms with Crippen molar-refractivity contribution in [1.82, 2.24) is 4.90 Å². The Morgan fingerprint density at radius 1 is 0.923 bits per heavy atom. The van der Waals surface area contributed by atoms with Crippen molar-refractivity contribution in [1.29, 1.82) is 0 Å². The zero-order valence-electron chi connectivity index (χ0n) is 15.8. The molecule has 0 saturated heterocycles. The van der Waals surface area contributed by atoms with Crippen LogP contribution in [0.3, 0.4) is 0 Å². The maximum atomic E-state index is 11.3. The van der Waals surface area contributed by atoms with Crippen LogP contribution in [0.4, 0.5) is 11.4 Å². The fourth-order valence-corrected chi connectivity index (χ4v) is 3.47. The maximum Gasteiger partial charge on any atom is 0.229 e. The van der Waals surface area contributed by atoms with Gasteiger partial charge in [0.1, 0.15) is 0 Å². The third kappa shape index (κ3) is 6.69. The summed E-state index contributed by atoms with van der Waals surface area (Å²) in [6.45, 7) is 7.48. The fraction of sp³-hybridized carbons (Fsp3) is 0.400. The number of benzene rings is 2. The molecule has 0 spiro atoms. The molecule has 0 fully saturated rings. The average Bonchev–Trinajstić information content (AvgIpc) is 2.62. The van der Waals surface area contributed by atoms with Crippen LogP contribution in [0.25, 0.3) is 0 Å². The summed E-state index contributed by atoms with van der Waals surface area (Å²) in [6.07, 6.45) is 2.15. The van der Waals surface area contributed by atoms with E-state index in [1.165, 1.54) is 5.56 Å². The average molecular weight is 376 g/mol. The predicted molar refractivity (Wildman–Crippen MR) is 110 cm³/mol. The van der Waals surface area contributed by atoms with Crippen molar-refractivity contribution >= 4 is 21.4 Å². The van der Waals surface area contributed by atoms with Crippen molar-refractivity contribution in [3.05, 3.63) is 60.2 Å². The minimum atomic E-state index is -3.26. The highest BCUT2D eigenvalue weighted by Gasteiger charge is 2.13. The van der Waals surface area contributed by atoms with Crippen molar-refractivity contribution in [3.8, 4) is 0 Å². The highest BCUT2D eigenvalue weighted by atomic mass is 32.2. The molecule has 0 saturated carbocycles. The van der Waals surface area contributed by atoms with E-state index >= 15 is 0 Å². The van der Waals surface area contributed by atoms with Crippen molar-refractivity contribution in [2.45, 2.75) is 26.3 Å². The minimum Gasteiger partial charge on any atom is -0.378 e. The summed E-state index contributed by atoms with van der Waals surface area (Å²) in [6, 6.07) is 18.0. The van der Waals surface area contributed by atoms with E-state index in [4.69, 9.17) is 0 Å². The van der Waals surface area contributed by atoms with Gasteiger partial charge in [-0.05, 0) is 49.3 Å². The van der Waals surface area contributed by atoms with Crippen molar-refractivity contribution in [2.24, 2.45) is 0 Å².